The van der Waals surface area contributed by atoms with Crippen LogP contribution in [0.15, 0.2) is 18.2 Å². The third-order valence-corrected chi connectivity index (χ3v) is 1.09. The minimum absolute atomic E-state index is 0. The van der Waals surface area contributed by atoms with E-state index in [4.69, 9.17) is 0 Å². The van der Waals surface area contributed by atoms with Gasteiger partial charge in [0.2, 0.25) is 0 Å². The zero-order valence-electron chi connectivity index (χ0n) is 5.68. The van der Waals surface area contributed by atoms with Crippen molar-refractivity contribution >= 4 is 26.2 Å². The van der Waals surface area contributed by atoms with Gasteiger partial charge in [-0.3, -0.25) is 0 Å². The largest absolute Gasteiger partial charge is 0.0617 e. The van der Waals surface area contributed by atoms with E-state index in [1.165, 1.54) is 11.1 Å². The van der Waals surface area contributed by atoms with Crippen molar-refractivity contribution in [3.05, 3.63) is 35.4 Å². The Labute approximate surface area is 78.4 Å². The molecule has 0 saturated carbocycles. The number of hydrogen-bond acceptors (Lipinski definition) is 0. The van der Waals surface area contributed by atoms with Crippen LogP contribution in [-0.2, 0) is 0 Å². The van der Waals surface area contributed by atoms with E-state index in [0.29, 0.717) is 0 Å². The monoisotopic (exact) mass is 318 g/mol. The van der Waals surface area contributed by atoms with Crippen molar-refractivity contribution in [1.29, 1.82) is 0 Å². The van der Waals surface area contributed by atoms with Gasteiger partial charge in [0.15, 0.2) is 0 Å². The Morgan fingerprint density at radius 3 is 1.89 bits per heavy atom. The summed E-state index contributed by atoms with van der Waals surface area (Å²) in [5.41, 5.74) is 2.43. The first-order chi connectivity index (χ1) is 3.79. The summed E-state index contributed by atoms with van der Waals surface area (Å²) in [6, 6.07) is 9.31. The Balaban J connectivity index is -0.000000213. The van der Waals surface area contributed by atoms with Crippen molar-refractivity contribution in [1.82, 2.24) is 0 Å². The second-order valence-electron chi connectivity index (χ2n) is 2.02. The van der Waals surface area contributed by atoms with Crippen LogP contribution in [0, 0.1) is 19.9 Å². The van der Waals surface area contributed by atoms with Crippen molar-refractivity contribution in [2.24, 2.45) is 0 Å². The molecule has 0 aliphatic heterocycles. The molecule has 0 heterocycles. The van der Waals surface area contributed by atoms with Crippen LogP contribution in [0.4, 0.5) is 0 Å². The third-order valence-electron chi connectivity index (χ3n) is 1.09. The average Bonchev–Trinajstić information content (AvgIpc) is 1.64. The van der Waals surface area contributed by atoms with Gasteiger partial charge in [0.05, 0.1) is 0 Å². The van der Waals surface area contributed by atoms with Gasteiger partial charge in [-0.25, -0.2) is 0 Å². The molecule has 0 aromatic heterocycles. The Morgan fingerprint density at radius 2 is 1.67 bits per heavy atom. The van der Waals surface area contributed by atoms with Gasteiger partial charge in [0.25, 0.3) is 0 Å². The fourth-order valence-corrected chi connectivity index (χ4v) is 0.731. The van der Waals surface area contributed by atoms with Gasteiger partial charge in [0.1, 0.15) is 0 Å². The Kier molecular flexibility index (Phi) is 4.05. The summed E-state index contributed by atoms with van der Waals surface area (Å²) in [4.78, 5) is 0. The molecule has 0 amide bonds. The van der Waals surface area contributed by atoms with Crippen LogP contribution in [0.3, 0.4) is 0 Å². The van der Waals surface area contributed by atoms with E-state index in [1.807, 2.05) is 32.0 Å². The summed E-state index contributed by atoms with van der Waals surface area (Å²) < 4.78 is 0. The van der Waals surface area contributed by atoms with E-state index < -0.39 is 0 Å². The van der Waals surface area contributed by atoms with Crippen LogP contribution in [-0.4, -0.2) is 26.2 Å². The third kappa shape index (κ3) is 2.96. The average molecular weight is 318 g/mol. The Hall–Kier alpha value is 0.103. The molecule has 0 N–H and O–H groups in total. The maximum absolute atomic E-state index is 3.17. The minimum atomic E-state index is 0. The first-order valence-corrected chi connectivity index (χ1v) is 2.74. The molecule has 0 aliphatic rings. The van der Waals surface area contributed by atoms with Crippen LogP contribution >= 0.6 is 0 Å². The maximum atomic E-state index is 3.17. The molecule has 50 valence electrons. The van der Waals surface area contributed by atoms with E-state index >= 15 is 0 Å². The van der Waals surface area contributed by atoms with E-state index in [2.05, 4.69) is 6.07 Å². The van der Waals surface area contributed by atoms with Crippen molar-refractivity contribution in [3.8, 4) is 0 Å². The molecule has 0 saturated heterocycles. The molecule has 1 aromatic carbocycles. The van der Waals surface area contributed by atoms with Gasteiger partial charge in [0, 0.05) is 29.1 Å². The second-order valence-corrected chi connectivity index (χ2v) is 2.02. The van der Waals surface area contributed by atoms with Gasteiger partial charge in [-0.15, -0.1) is 0 Å². The van der Waals surface area contributed by atoms with Gasteiger partial charge in [-0.05, 0) is 31.0 Å². The van der Waals surface area contributed by atoms with Gasteiger partial charge in [-0.1, -0.05) is 18.2 Å². The summed E-state index contributed by atoms with van der Waals surface area (Å²) in [6.45, 7) is 4.10. The zero-order chi connectivity index (χ0) is 5.98. The molecule has 0 bridgehead atoms. The number of rotatable bonds is 0. The molecule has 0 unspecified atom stereocenters. The second kappa shape index (κ2) is 4.01. The molecular weight excluding hydrogens is 305 g/mol. The predicted octanol–water partition coefficient (Wildman–Crippen LogP) is 2.21. The van der Waals surface area contributed by atoms with Crippen molar-refractivity contribution in [2.45, 2.75) is 13.8 Å². The SMILES string of the molecule is Cc1[c]c(C)ccc1.[Bi].[HH].[HH]. The molecular formula is C8H13Bi. The topological polar surface area (TPSA) is 0 Å². The summed E-state index contributed by atoms with van der Waals surface area (Å²) >= 11 is 0. The Bertz CT molecular complexity index is 172. The smallest absolute Gasteiger partial charge is 0 e. The molecule has 1 rings (SSSR count). The summed E-state index contributed by atoms with van der Waals surface area (Å²) in [5.74, 6) is 0. The van der Waals surface area contributed by atoms with Gasteiger partial charge >= 0.3 is 0 Å². The summed E-state index contributed by atoms with van der Waals surface area (Å²) in [7, 11) is 0. The molecule has 1 heteroatoms. The molecule has 0 spiro atoms. The number of aryl methyl sites for hydroxylation is 2. The maximum Gasteiger partial charge on any atom is 0 e. The van der Waals surface area contributed by atoms with Gasteiger partial charge in [-0.2, -0.15) is 0 Å². The fourth-order valence-electron chi connectivity index (χ4n) is 0.731. The number of benzene rings is 1. The Morgan fingerprint density at radius 1 is 1.22 bits per heavy atom. The van der Waals surface area contributed by atoms with Crippen molar-refractivity contribution in [2.75, 3.05) is 0 Å². The summed E-state index contributed by atoms with van der Waals surface area (Å²) in [6.07, 6.45) is 0. The van der Waals surface area contributed by atoms with Crippen LogP contribution < -0.4 is 0 Å². The zero-order valence-corrected chi connectivity index (χ0v) is 9.16. The van der Waals surface area contributed by atoms with Crippen LogP contribution in [0.2, 0.25) is 0 Å². The molecule has 0 atom stereocenters. The van der Waals surface area contributed by atoms with Crippen LogP contribution in [0.25, 0.3) is 0 Å². The number of hydrogen-bond donors (Lipinski definition) is 0. The fraction of sp³-hybridized carbons (Fsp3) is 0.250. The molecule has 4 radical (unpaired) electrons. The van der Waals surface area contributed by atoms with E-state index in [1.54, 1.807) is 0 Å². The molecule has 0 fully saturated rings. The first kappa shape index (κ1) is 9.10. The predicted molar refractivity (Wildman–Crippen MR) is 44.7 cm³/mol. The van der Waals surface area contributed by atoms with E-state index in [-0.39, 0.29) is 29.1 Å². The van der Waals surface area contributed by atoms with Crippen LogP contribution in [0.1, 0.15) is 14.0 Å². The van der Waals surface area contributed by atoms with Gasteiger partial charge < -0.3 is 0 Å². The molecule has 0 nitrogen and oxygen atoms in total. The first-order valence-electron chi connectivity index (χ1n) is 2.74. The minimum Gasteiger partial charge on any atom is -0.0617 e. The normalized spacial score (nSPS) is 8.22. The standard InChI is InChI=1S/C8H9.Bi.2H2/c1-7-4-3-5-8(2)6-7;;;/h3-5H,1-2H3;;2*1H. The molecule has 9 heavy (non-hydrogen) atoms. The summed E-state index contributed by atoms with van der Waals surface area (Å²) in [5, 5.41) is 0. The molecule has 1 aromatic rings. The van der Waals surface area contributed by atoms with E-state index in [9.17, 15) is 0 Å². The van der Waals surface area contributed by atoms with E-state index in [0.717, 1.165) is 0 Å². The van der Waals surface area contributed by atoms with Crippen molar-refractivity contribution < 1.29 is 2.85 Å². The van der Waals surface area contributed by atoms with Crippen LogP contribution in [0.5, 0.6) is 0 Å². The molecule has 0 aliphatic carbocycles. The van der Waals surface area contributed by atoms with Crippen molar-refractivity contribution in [3.63, 3.8) is 0 Å². The quantitative estimate of drug-likeness (QED) is 0.644.